The molecule has 0 unspecified atom stereocenters. The fourth-order valence-electron chi connectivity index (χ4n) is 1.01. The van der Waals surface area contributed by atoms with Gasteiger partial charge in [0.05, 0.1) is 7.11 Å². The van der Waals surface area contributed by atoms with Gasteiger partial charge in [0.15, 0.2) is 11.5 Å². The summed E-state index contributed by atoms with van der Waals surface area (Å²) in [6, 6.07) is 8.54. The number of likely N-dealkylation sites (N-methyl/N-ethyl adjacent to an activating group) is 1. The van der Waals surface area contributed by atoms with Crippen LogP contribution >= 0.6 is 0 Å². The molecule has 0 N–H and O–H groups in total. The standard InChI is InChI=1S/C11H16NO2/c1-12(2)8-9-14-11-7-5-4-6-10(11)13-3/h4-6H,8-9H2,1-3H3. The van der Waals surface area contributed by atoms with Crippen LogP contribution in [0.4, 0.5) is 0 Å². The highest BCUT2D eigenvalue weighted by atomic mass is 16.5. The van der Waals surface area contributed by atoms with Crippen LogP contribution in [0, 0.1) is 6.07 Å². The summed E-state index contributed by atoms with van der Waals surface area (Å²) < 4.78 is 10.6. The zero-order valence-corrected chi connectivity index (χ0v) is 8.91. The number of hydrogen-bond acceptors (Lipinski definition) is 3. The lowest BCUT2D eigenvalue weighted by Gasteiger charge is -2.12. The second kappa shape index (κ2) is 5.50. The highest BCUT2D eigenvalue weighted by molar-refractivity contribution is 5.38. The number of ether oxygens (including phenoxy) is 2. The minimum absolute atomic E-state index is 0.643. The summed E-state index contributed by atoms with van der Waals surface area (Å²) in [5.74, 6) is 1.41. The molecule has 0 saturated heterocycles. The Kier molecular flexibility index (Phi) is 4.26. The third kappa shape index (κ3) is 3.26. The lowest BCUT2D eigenvalue weighted by Crippen LogP contribution is -2.19. The van der Waals surface area contributed by atoms with E-state index < -0.39 is 0 Å². The van der Waals surface area contributed by atoms with Gasteiger partial charge in [-0.3, -0.25) is 0 Å². The van der Waals surface area contributed by atoms with E-state index in [0.717, 1.165) is 12.3 Å². The van der Waals surface area contributed by atoms with Crippen molar-refractivity contribution < 1.29 is 9.47 Å². The zero-order chi connectivity index (χ0) is 10.4. The van der Waals surface area contributed by atoms with Crippen LogP contribution < -0.4 is 9.47 Å². The van der Waals surface area contributed by atoms with Gasteiger partial charge in [-0.1, -0.05) is 12.1 Å². The normalized spacial score (nSPS) is 10.3. The summed E-state index contributed by atoms with van der Waals surface area (Å²) >= 11 is 0. The SMILES string of the molecule is COc1ccc[c]c1OCCN(C)C. The van der Waals surface area contributed by atoms with Crippen LogP contribution in [0.15, 0.2) is 18.2 Å². The molecular formula is C11H16NO2. The van der Waals surface area contributed by atoms with E-state index in [9.17, 15) is 0 Å². The Hall–Kier alpha value is -1.22. The number of nitrogens with zero attached hydrogens (tertiary/aromatic N) is 1. The van der Waals surface area contributed by atoms with Crippen LogP contribution in [-0.4, -0.2) is 39.3 Å². The maximum atomic E-state index is 5.52. The zero-order valence-electron chi connectivity index (χ0n) is 8.91. The van der Waals surface area contributed by atoms with Gasteiger partial charge in [0, 0.05) is 12.6 Å². The van der Waals surface area contributed by atoms with Crippen LogP contribution in [0.1, 0.15) is 0 Å². The molecule has 3 heteroatoms. The fourth-order valence-corrected chi connectivity index (χ4v) is 1.01. The molecule has 0 saturated carbocycles. The molecule has 1 radical (unpaired) electrons. The van der Waals surface area contributed by atoms with E-state index in [1.165, 1.54) is 0 Å². The minimum atomic E-state index is 0.643. The first kappa shape index (κ1) is 10.9. The second-order valence-electron chi connectivity index (χ2n) is 3.22. The summed E-state index contributed by atoms with van der Waals surface area (Å²) in [6.07, 6.45) is 0. The molecule has 0 amide bonds. The van der Waals surface area contributed by atoms with Crippen molar-refractivity contribution in [1.82, 2.24) is 4.90 Å². The van der Waals surface area contributed by atoms with Gasteiger partial charge >= 0.3 is 0 Å². The molecule has 14 heavy (non-hydrogen) atoms. The maximum absolute atomic E-state index is 5.52. The van der Waals surface area contributed by atoms with Gasteiger partial charge in [-0.05, 0) is 20.2 Å². The molecule has 1 aromatic rings. The van der Waals surface area contributed by atoms with Crippen molar-refractivity contribution in [3.63, 3.8) is 0 Å². The minimum Gasteiger partial charge on any atom is -0.493 e. The highest BCUT2D eigenvalue weighted by Gasteiger charge is 2.02. The topological polar surface area (TPSA) is 21.7 Å². The van der Waals surface area contributed by atoms with Crippen molar-refractivity contribution in [3.8, 4) is 11.5 Å². The Bertz CT molecular complexity index is 274. The summed E-state index contributed by atoms with van der Waals surface area (Å²) in [4.78, 5) is 2.06. The van der Waals surface area contributed by atoms with Crippen LogP contribution in [0.2, 0.25) is 0 Å². The summed E-state index contributed by atoms with van der Waals surface area (Å²) in [5.41, 5.74) is 0. The lowest BCUT2D eigenvalue weighted by molar-refractivity contribution is 0.250. The molecule has 1 rings (SSSR count). The predicted octanol–water partition coefficient (Wildman–Crippen LogP) is 1.44. The number of para-hydroxylation sites is 1. The summed E-state index contributed by atoms with van der Waals surface area (Å²) in [7, 11) is 5.65. The predicted molar refractivity (Wildman–Crippen MR) is 55.9 cm³/mol. The first-order valence-electron chi connectivity index (χ1n) is 4.56. The van der Waals surface area contributed by atoms with Crippen LogP contribution in [0.3, 0.4) is 0 Å². The van der Waals surface area contributed by atoms with E-state index in [4.69, 9.17) is 9.47 Å². The molecule has 0 bridgehead atoms. The van der Waals surface area contributed by atoms with Gasteiger partial charge < -0.3 is 14.4 Å². The van der Waals surface area contributed by atoms with Gasteiger partial charge in [-0.2, -0.15) is 0 Å². The molecule has 3 nitrogen and oxygen atoms in total. The van der Waals surface area contributed by atoms with Crippen molar-refractivity contribution >= 4 is 0 Å². The summed E-state index contributed by atoms with van der Waals surface area (Å²) in [5, 5.41) is 0. The van der Waals surface area contributed by atoms with E-state index in [1.54, 1.807) is 7.11 Å². The van der Waals surface area contributed by atoms with Crippen LogP contribution in [-0.2, 0) is 0 Å². The Morgan fingerprint density at radius 2 is 2.21 bits per heavy atom. The van der Waals surface area contributed by atoms with Crippen molar-refractivity contribution in [2.75, 3.05) is 34.4 Å². The number of rotatable bonds is 5. The Labute approximate surface area is 85.2 Å². The fraction of sp³-hybridized carbons (Fsp3) is 0.455. The lowest BCUT2D eigenvalue weighted by atomic mass is 10.3. The molecule has 0 fully saturated rings. The maximum Gasteiger partial charge on any atom is 0.169 e. The molecular weight excluding hydrogens is 178 g/mol. The first-order valence-corrected chi connectivity index (χ1v) is 4.56. The highest BCUT2D eigenvalue weighted by Crippen LogP contribution is 2.24. The Morgan fingerprint density at radius 3 is 2.86 bits per heavy atom. The molecule has 77 valence electrons. The molecule has 0 aromatic heterocycles. The van der Waals surface area contributed by atoms with Crippen molar-refractivity contribution in [3.05, 3.63) is 24.3 Å². The second-order valence-corrected chi connectivity index (χ2v) is 3.22. The Morgan fingerprint density at radius 1 is 1.43 bits per heavy atom. The van der Waals surface area contributed by atoms with Crippen molar-refractivity contribution in [1.29, 1.82) is 0 Å². The molecule has 0 heterocycles. The quantitative estimate of drug-likeness (QED) is 0.708. The molecule has 0 atom stereocenters. The van der Waals surface area contributed by atoms with Gasteiger partial charge in [0.25, 0.3) is 0 Å². The summed E-state index contributed by atoms with van der Waals surface area (Å²) in [6.45, 7) is 1.52. The molecule has 1 aromatic carbocycles. The monoisotopic (exact) mass is 194 g/mol. The van der Waals surface area contributed by atoms with Crippen LogP contribution in [0.5, 0.6) is 11.5 Å². The van der Waals surface area contributed by atoms with Crippen molar-refractivity contribution in [2.45, 2.75) is 0 Å². The van der Waals surface area contributed by atoms with E-state index in [-0.39, 0.29) is 0 Å². The first-order chi connectivity index (χ1) is 6.74. The van der Waals surface area contributed by atoms with Crippen LogP contribution in [0.25, 0.3) is 0 Å². The van der Waals surface area contributed by atoms with E-state index >= 15 is 0 Å². The molecule has 0 spiro atoms. The van der Waals surface area contributed by atoms with Gasteiger partial charge in [-0.15, -0.1) is 0 Å². The Balaban J connectivity index is 2.49. The third-order valence-electron chi connectivity index (χ3n) is 1.79. The third-order valence-corrected chi connectivity index (χ3v) is 1.79. The average molecular weight is 194 g/mol. The smallest absolute Gasteiger partial charge is 0.169 e. The number of methoxy groups -OCH3 is 1. The van der Waals surface area contributed by atoms with Crippen molar-refractivity contribution in [2.24, 2.45) is 0 Å². The average Bonchev–Trinajstić information content (AvgIpc) is 2.18. The largest absolute Gasteiger partial charge is 0.493 e. The van der Waals surface area contributed by atoms with Gasteiger partial charge in [0.1, 0.15) is 6.61 Å². The van der Waals surface area contributed by atoms with Gasteiger partial charge in [-0.25, -0.2) is 0 Å². The van der Waals surface area contributed by atoms with Gasteiger partial charge in [0.2, 0.25) is 0 Å². The van der Waals surface area contributed by atoms with E-state index in [1.807, 2.05) is 32.3 Å². The molecule has 0 aliphatic carbocycles. The number of benzene rings is 1. The molecule has 0 aliphatic heterocycles. The molecule has 0 aliphatic rings. The van der Waals surface area contributed by atoms with E-state index in [2.05, 4.69) is 11.0 Å². The number of hydrogen-bond donors (Lipinski definition) is 0. The van der Waals surface area contributed by atoms with E-state index in [0.29, 0.717) is 12.4 Å².